The molecule has 0 spiro atoms. The number of aromatic nitrogens is 3. The molecule has 1 aromatic carbocycles. The molecule has 3 heterocycles. The fourth-order valence-corrected chi connectivity index (χ4v) is 3.76. The van der Waals surface area contributed by atoms with Crippen LogP contribution in [0.3, 0.4) is 0 Å². The van der Waals surface area contributed by atoms with Crippen LogP contribution in [-0.2, 0) is 13.0 Å². The first-order chi connectivity index (χ1) is 12.2. The molecule has 0 radical (unpaired) electrons. The zero-order chi connectivity index (χ0) is 17.2. The smallest absolute Gasteiger partial charge is 0.314 e. The number of benzene rings is 1. The van der Waals surface area contributed by atoms with Crippen LogP contribution in [0.2, 0.25) is 0 Å². The molecule has 1 fully saturated rings. The summed E-state index contributed by atoms with van der Waals surface area (Å²) in [4.78, 5) is 14.5. The van der Waals surface area contributed by atoms with Crippen molar-refractivity contribution in [2.75, 3.05) is 11.9 Å². The van der Waals surface area contributed by atoms with Crippen molar-refractivity contribution in [2.24, 2.45) is 0 Å². The number of carbonyl (C=O) groups is 1. The predicted octanol–water partition coefficient (Wildman–Crippen LogP) is 3.51. The molecule has 1 saturated heterocycles. The summed E-state index contributed by atoms with van der Waals surface area (Å²) in [7, 11) is 0. The number of fused-ring (bicyclic) bond motifs is 1. The third-order valence-electron chi connectivity index (χ3n) is 5.05. The zero-order valence-corrected chi connectivity index (χ0v) is 14.1. The van der Waals surface area contributed by atoms with E-state index in [2.05, 4.69) is 20.1 Å². The molecular formula is C18H22FN5O. The Morgan fingerprint density at radius 2 is 1.92 bits per heavy atom. The van der Waals surface area contributed by atoms with E-state index in [1.54, 1.807) is 12.1 Å². The summed E-state index contributed by atoms with van der Waals surface area (Å²) >= 11 is 0. The van der Waals surface area contributed by atoms with Gasteiger partial charge in [-0.25, -0.2) is 9.18 Å². The second kappa shape index (κ2) is 6.82. The number of hydrogen-bond donors (Lipinski definition) is 1. The predicted molar refractivity (Wildman–Crippen MR) is 91.7 cm³/mol. The normalized spacial score (nSPS) is 20.2. The number of anilines is 1. The van der Waals surface area contributed by atoms with E-state index in [1.807, 2.05) is 4.90 Å². The second-order valence-electron chi connectivity index (χ2n) is 6.73. The van der Waals surface area contributed by atoms with E-state index >= 15 is 0 Å². The van der Waals surface area contributed by atoms with Gasteiger partial charge >= 0.3 is 6.03 Å². The molecule has 7 heteroatoms. The first kappa shape index (κ1) is 16.1. The monoisotopic (exact) mass is 343 g/mol. The maximum absolute atomic E-state index is 13.0. The fraction of sp³-hybridized carbons (Fsp3) is 0.500. The molecule has 1 atom stereocenters. The van der Waals surface area contributed by atoms with Gasteiger partial charge in [-0.05, 0) is 49.9 Å². The van der Waals surface area contributed by atoms with Gasteiger partial charge in [-0.3, -0.25) is 0 Å². The minimum atomic E-state index is -0.316. The minimum absolute atomic E-state index is 0.0419. The third kappa shape index (κ3) is 3.23. The van der Waals surface area contributed by atoms with Crippen LogP contribution >= 0.6 is 0 Å². The number of hydrogen-bond acceptors (Lipinski definition) is 3. The van der Waals surface area contributed by atoms with Gasteiger partial charge in [0, 0.05) is 25.2 Å². The van der Waals surface area contributed by atoms with Crippen LogP contribution in [0.25, 0.3) is 0 Å². The Labute approximate surface area is 146 Å². The largest absolute Gasteiger partial charge is 0.322 e. The van der Waals surface area contributed by atoms with Crippen molar-refractivity contribution < 1.29 is 9.18 Å². The number of aryl methyl sites for hydroxylation is 1. The van der Waals surface area contributed by atoms with Gasteiger partial charge in [-0.2, -0.15) is 0 Å². The summed E-state index contributed by atoms with van der Waals surface area (Å²) in [5.74, 6) is 1.63. The molecule has 2 aromatic rings. The lowest BCUT2D eigenvalue weighted by molar-refractivity contribution is 0.203. The van der Waals surface area contributed by atoms with E-state index in [1.165, 1.54) is 18.6 Å². The average molecular weight is 343 g/mol. The molecule has 2 amide bonds. The summed E-state index contributed by atoms with van der Waals surface area (Å²) < 4.78 is 15.2. The van der Waals surface area contributed by atoms with E-state index < -0.39 is 0 Å². The lowest BCUT2D eigenvalue weighted by Crippen LogP contribution is -2.35. The van der Waals surface area contributed by atoms with Crippen LogP contribution in [0.4, 0.5) is 14.9 Å². The van der Waals surface area contributed by atoms with Crippen molar-refractivity contribution in [1.29, 1.82) is 0 Å². The van der Waals surface area contributed by atoms with Crippen LogP contribution in [0.15, 0.2) is 24.3 Å². The molecule has 1 unspecified atom stereocenters. The third-order valence-corrected chi connectivity index (χ3v) is 5.05. The molecule has 0 bridgehead atoms. The molecular weight excluding hydrogens is 321 g/mol. The Bertz CT molecular complexity index is 757. The Hall–Kier alpha value is -2.44. The number of rotatable bonds is 2. The van der Waals surface area contributed by atoms with Crippen LogP contribution in [0.1, 0.15) is 49.8 Å². The summed E-state index contributed by atoms with van der Waals surface area (Å²) in [6.45, 7) is 1.63. The Morgan fingerprint density at radius 1 is 1.08 bits per heavy atom. The van der Waals surface area contributed by atoms with Gasteiger partial charge in [-0.15, -0.1) is 10.2 Å². The fourth-order valence-electron chi connectivity index (χ4n) is 3.76. The van der Waals surface area contributed by atoms with E-state index in [0.717, 1.165) is 50.3 Å². The quantitative estimate of drug-likeness (QED) is 0.907. The van der Waals surface area contributed by atoms with Crippen LogP contribution in [0, 0.1) is 5.82 Å². The number of halogens is 1. The van der Waals surface area contributed by atoms with Gasteiger partial charge in [0.25, 0.3) is 0 Å². The Kier molecular flexibility index (Phi) is 4.38. The average Bonchev–Trinajstić information content (AvgIpc) is 3.18. The van der Waals surface area contributed by atoms with Crippen molar-refractivity contribution >= 4 is 11.7 Å². The van der Waals surface area contributed by atoms with Crippen molar-refractivity contribution in [1.82, 2.24) is 19.7 Å². The number of carbonyl (C=O) groups excluding carboxylic acids is 1. The first-order valence-corrected chi connectivity index (χ1v) is 8.97. The Balaban J connectivity index is 1.53. The highest BCUT2D eigenvalue weighted by molar-refractivity contribution is 5.89. The summed E-state index contributed by atoms with van der Waals surface area (Å²) in [5.41, 5.74) is 0.595. The molecule has 0 aliphatic carbocycles. The molecule has 0 saturated carbocycles. The van der Waals surface area contributed by atoms with Crippen LogP contribution in [0.5, 0.6) is 0 Å². The Morgan fingerprint density at radius 3 is 2.76 bits per heavy atom. The molecule has 6 nitrogen and oxygen atoms in total. The molecule has 1 N–H and O–H groups in total. The highest BCUT2D eigenvalue weighted by atomic mass is 19.1. The number of likely N-dealkylation sites (tertiary alicyclic amines) is 1. The molecule has 4 rings (SSSR count). The number of urea groups is 1. The molecule has 132 valence electrons. The lowest BCUT2D eigenvalue weighted by Gasteiger charge is -2.25. The van der Waals surface area contributed by atoms with Crippen molar-refractivity contribution in [3.8, 4) is 0 Å². The maximum Gasteiger partial charge on any atom is 0.322 e. The van der Waals surface area contributed by atoms with Gasteiger partial charge < -0.3 is 14.8 Å². The van der Waals surface area contributed by atoms with Crippen molar-refractivity contribution in [3.05, 3.63) is 41.7 Å². The highest BCUT2D eigenvalue weighted by Gasteiger charge is 2.34. The zero-order valence-electron chi connectivity index (χ0n) is 14.1. The van der Waals surface area contributed by atoms with Crippen LogP contribution < -0.4 is 5.32 Å². The standard InChI is InChI=1S/C18H22FN5O/c19-13-7-9-14(10-8-13)20-18(25)23-12-4-5-15(23)17-22-21-16-6-2-1-3-11-24(16)17/h7-10,15H,1-6,11-12H2,(H,20,25). The molecule has 2 aliphatic heterocycles. The maximum atomic E-state index is 13.0. The van der Waals surface area contributed by atoms with Gasteiger partial charge in [0.15, 0.2) is 5.82 Å². The number of nitrogens with zero attached hydrogens (tertiary/aromatic N) is 4. The van der Waals surface area contributed by atoms with Gasteiger partial charge in [0.2, 0.25) is 0 Å². The van der Waals surface area contributed by atoms with E-state index in [0.29, 0.717) is 12.2 Å². The minimum Gasteiger partial charge on any atom is -0.314 e. The van der Waals surface area contributed by atoms with Crippen LogP contribution in [-0.4, -0.2) is 32.2 Å². The SMILES string of the molecule is O=C(Nc1ccc(F)cc1)N1CCCC1c1nnc2n1CCCCC2. The van der Waals surface area contributed by atoms with Gasteiger partial charge in [0.05, 0.1) is 6.04 Å². The topological polar surface area (TPSA) is 63.1 Å². The molecule has 1 aromatic heterocycles. The number of nitrogens with one attached hydrogen (secondary N) is 1. The first-order valence-electron chi connectivity index (χ1n) is 8.97. The van der Waals surface area contributed by atoms with E-state index in [4.69, 9.17) is 0 Å². The summed E-state index contributed by atoms with van der Waals surface area (Å²) in [6.07, 6.45) is 6.30. The van der Waals surface area contributed by atoms with Crippen molar-refractivity contribution in [3.63, 3.8) is 0 Å². The number of amides is 2. The lowest BCUT2D eigenvalue weighted by atomic mass is 10.2. The molecule has 25 heavy (non-hydrogen) atoms. The van der Waals surface area contributed by atoms with E-state index in [-0.39, 0.29) is 17.9 Å². The van der Waals surface area contributed by atoms with Crippen molar-refractivity contribution in [2.45, 2.75) is 51.1 Å². The van der Waals surface area contributed by atoms with Gasteiger partial charge in [-0.1, -0.05) is 6.42 Å². The highest BCUT2D eigenvalue weighted by Crippen LogP contribution is 2.32. The summed E-state index contributed by atoms with van der Waals surface area (Å²) in [5, 5.41) is 11.6. The van der Waals surface area contributed by atoms with E-state index in [9.17, 15) is 9.18 Å². The summed E-state index contributed by atoms with van der Waals surface area (Å²) in [6, 6.07) is 5.62. The molecule has 2 aliphatic rings. The second-order valence-corrected chi connectivity index (χ2v) is 6.73. The van der Waals surface area contributed by atoms with Gasteiger partial charge in [0.1, 0.15) is 11.6 Å².